The van der Waals surface area contributed by atoms with Gasteiger partial charge in [-0.3, -0.25) is 0 Å². The highest BCUT2D eigenvalue weighted by molar-refractivity contribution is 14.0. The molecule has 178 valence electrons. The predicted octanol–water partition coefficient (Wildman–Crippen LogP) is 3.68. The molecule has 0 fully saturated rings. The van der Waals surface area contributed by atoms with Gasteiger partial charge in [0.1, 0.15) is 12.3 Å². The van der Waals surface area contributed by atoms with Crippen LogP contribution in [0.1, 0.15) is 30.2 Å². The van der Waals surface area contributed by atoms with Gasteiger partial charge in [-0.05, 0) is 32.4 Å². The Kier molecular flexibility index (Phi) is 11.6. The lowest BCUT2D eigenvalue weighted by molar-refractivity contribution is 0.0699. The molecule has 1 aliphatic heterocycles. The van der Waals surface area contributed by atoms with Crippen molar-refractivity contribution in [1.82, 2.24) is 10.3 Å². The fourth-order valence-electron chi connectivity index (χ4n) is 2.90. The molecular weight excluding hydrogens is 527 g/mol. The topological polar surface area (TPSA) is 99.4 Å². The van der Waals surface area contributed by atoms with Crippen LogP contribution in [0.25, 0.3) is 0 Å². The van der Waals surface area contributed by atoms with Crippen molar-refractivity contribution in [3.63, 3.8) is 0 Å². The van der Waals surface area contributed by atoms with Crippen molar-refractivity contribution in [1.29, 1.82) is 0 Å². The zero-order chi connectivity index (χ0) is 21.9. The van der Waals surface area contributed by atoms with Crippen LogP contribution in [0.15, 0.2) is 27.6 Å². The van der Waals surface area contributed by atoms with Gasteiger partial charge in [0.2, 0.25) is 5.89 Å². The molecule has 0 saturated heterocycles. The number of anilines is 1. The van der Waals surface area contributed by atoms with E-state index in [1.54, 1.807) is 7.11 Å². The number of oxazole rings is 1. The van der Waals surface area contributed by atoms with Crippen LogP contribution in [0.3, 0.4) is 0 Å². The summed E-state index contributed by atoms with van der Waals surface area (Å²) in [6.45, 7) is 7.99. The van der Waals surface area contributed by atoms with E-state index in [1.165, 1.54) is 0 Å². The van der Waals surface area contributed by atoms with Crippen molar-refractivity contribution in [2.45, 2.75) is 33.2 Å². The van der Waals surface area contributed by atoms with Crippen LogP contribution in [0, 0.1) is 13.8 Å². The average molecular weight is 560 g/mol. The van der Waals surface area contributed by atoms with Gasteiger partial charge in [0.15, 0.2) is 17.5 Å². The minimum Gasteiger partial charge on any atom is -0.490 e. The molecule has 2 heterocycles. The zero-order valence-corrected chi connectivity index (χ0v) is 21.3. The molecule has 1 aliphatic rings. The second-order valence-electron chi connectivity index (χ2n) is 7.14. The Labute approximate surface area is 206 Å². The van der Waals surface area contributed by atoms with Gasteiger partial charge >= 0.3 is 0 Å². The highest BCUT2D eigenvalue weighted by Crippen LogP contribution is 2.32. The number of fused-ring (bicyclic) bond motifs is 1. The molecule has 10 heteroatoms. The summed E-state index contributed by atoms with van der Waals surface area (Å²) in [5, 5.41) is 6.65. The van der Waals surface area contributed by atoms with Gasteiger partial charge in [-0.15, -0.1) is 24.0 Å². The molecule has 0 spiro atoms. The third-order valence-corrected chi connectivity index (χ3v) is 4.65. The van der Waals surface area contributed by atoms with Crippen molar-refractivity contribution in [3.8, 4) is 11.5 Å². The molecule has 32 heavy (non-hydrogen) atoms. The zero-order valence-electron chi connectivity index (χ0n) is 18.9. The van der Waals surface area contributed by atoms with Gasteiger partial charge in [-0.2, -0.15) is 0 Å². The standard InChI is InChI=1S/C22H32N4O5.HI/c1-16-17(2)31-21(25-16)15-24-22(23-8-4-9-28-13-12-27-3)26-18-6-7-19-20(14-18)30-11-5-10-29-19;/h6-7,14H,4-5,8-13,15H2,1-3H3,(H2,23,24,26);1H. The molecule has 0 atom stereocenters. The van der Waals surface area contributed by atoms with Gasteiger partial charge in [0.25, 0.3) is 0 Å². The van der Waals surface area contributed by atoms with Crippen molar-refractivity contribution < 1.29 is 23.4 Å². The summed E-state index contributed by atoms with van der Waals surface area (Å²) in [5.41, 5.74) is 1.73. The number of benzene rings is 1. The lowest BCUT2D eigenvalue weighted by Crippen LogP contribution is -2.32. The first-order valence-electron chi connectivity index (χ1n) is 10.6. The minimum atomic E-state index is 0. The quantitative estimate of drug-likeness (QED) is 0.197. The average Bonchev–Trinajstić information content (AvgIpc) is 2.94. The van der Waals surface area contributed by atoms with Gasteiger partial charge in [0.05, 0.1) is 32.1 Å². The molecule has 0 bridgehead atoms. The summed E-state index contributed by atoms with van der Waals surface area (Å²) < 4.78 is 27.6. The molecule has 9 nitrogen and oxygen atoms in total. The van der Waals surface area contributed by atoms with Crippen LogP contribution in [0.2, 0.25) is 0 Å². The molecule has 3 rings (SSSR count). The maximum absolute atomic E-state index is 5.78. The summed E-state index contributed by atoms with van der Waals surface area (Å²) >= 11 is 0. The Morgan fingerprint density at radius 1 is 1.12 bits per heavy atom. The largest absolute Gasteiger partial charge is 0.490 e. The summed E-state index contributed by atoms with van der Waals surface area (Å²) in [6.07, 6.45) is 1.70. The SMILES string of the molecule is COCCOCCCNC(=NCc1nc(C)c(C)o1)Nc1ccc2c(c1)OCCCO2.I. The number of aromatic nitrogens is 1. The Morgan fingerprint density at radius 3 is 2.69 bits per heavy atom. The minimum absolute atomic E-state index is 0. The molecule has 2 aromatic rings. The summed E-state index contributed by atoms with van der Waals surface area (Å²) in [6, 6.07) is 5.77. The smallest absolute Gasteiger partial charge is 0.216 e. The molecule has 0 amide bonds. The number of hydrogen-bond acceptors (Lipinski definition) is 7. The van der Waals surface area contributed by atoms with Crippen LogP contribution in [-0.2, 0) is 16.0 Å². The number of rotatable bonds is 10. The Bertz CT molecular complexity index is 839. The van der Waals surface area contributed by atoms with E-state index in [0.717, 1.165) is 41.5 Å². The Morgan fingerprint density at radius 2 is 1.94 bits per heavy atom. The molecule has 2 N–H and O–H groups in total. The normalized spacial score (nSPS) is 13.3. The molecule has 0 unspecified atom stereocenters. The van der Waals surface area contributed by atoms with Crippen molar-refractivity contribution in [3.05, 3.63) is 35.5 Å². The second kappa shape index (κ2) is 14.2. The van der Waals surface area contributed by atoms with Crippen molar-refractivity contribution in [2.24, 2.45) is 4.99 Å². The van der Waals surface area contributed by atoms with Gasteiger partial charge in [-0.25, -0.2) is 9.98 Å². The predicted molar refractivity (Wildman–Crippen MR) is 134 cm³/mol. The van der Waals surface area contributed by atoms with Crippen molar-refractivity contribution >= 4 is 35.6 Å². The number of aliphatic imine (C=N–C) groups is 1. The molecule has 1 aromatic heterocycles. The van der Waals surface area contributed by atoms with Crippen LogP contribution in [0.4, 0.5) is 5.69 Å². The van der Waals surface area contributed by atoms with Gasteiger partial charge in [0, 0.05) is 38.4 Å². The van der Waals surface area contributed by atoms with E-state index in [4.69, 9.17) is 23.4 Å². The molecule has 0 saturated carbocycles. The first kappa shape index (κ1) is 26.2. The number of halogens is 1. The van der Waals surface area contributed by atoms with E-state index in [1.807, 2.05) is 32.0 Å². The number of aryl methyl sites for hydroxylation is 2. The Balaban J connectivity index is 0.00000363. The monoisotopic (exact) mass is 560 g/mol. The molecular formula is C22H33IN4O5. The number of methoxy groups -OCH3 is 1. The first-order chi connectivity index (χ1) is 15.2. The van der Waals surface area contributed by atoms with Crippen LogP contribution in [-0.4, -0.2) is 57.6 Å². The highest BCUT2D eigenvalue weighted by Gasteiger charge is 2.12. The molecule has 1 aromatic carbocycles. The van der Waals surface area contributed by atoms with Gasteiger partial charge < -0.3 is 34.0 Å². The lowest BCUT2D eigenvalue weighted by atomic mass is 10.2. The van der Waals surface area contributed by atoms with Gasteiger partial charge in [-0.1, -0.05) is 0 Å². The van der Waals surface area contributed by atoms with E-state index in [0.29, 0.717) is 58.0 Å². The third-order valence-electron chi connectivity index (χ3n) is 4.65. The van der Waals surface area contributed by atoms with Crippen LogP contribution in [0.5, 0.6) is 11.5 Å². The Hall–Kier alpha value is -2.05. The van der Waals surface area contributed by atoms with E-state index >= 15 is 0 Å². The number of guanidine groups is 1. The summed E-state index contributed by atoms with van der Waals surface area (Å²) in [5.74, 6) is 3.50. The van der Waals surface area contributed by atoms with E-state index in [-0.39, 0.29) is 24.0 Å². The number of hydrogen-bond donors (Lipinski definition) is 2. The summed E-state index contributed by atoms with van der Waals surface area (Å²) in [7, 11) is 1.66. The summed E-state index contributed by atoms with van der Waals surface area (Å²) in [4.78, 5) is 9.02. The number of nitrogens with one attached hydrogen (secondary N) is 2. The second-order valence-corrected chi connectivity index (χ2v) is 7.14. The third kappa shape index (κ3) is 8.47. The van der Waals surface area contributed by atoms with E-state index in [9.17, 15) is 0 Å². The molecule has 0 aliphatic carbocycles. The lowest BCUT2D eigenvalue weighted by Gasteiger charge is -2.14. The number of ether oxygens (including phenoxy) is 4. The maximum Gasteiger partial charge on any atom is 0.216 e. The van der Waals surface area contributed by atoms with Crippen LogP contribution < -0.4 is 20.1 Å². The van der Waals surface area contributed by atoms with E-state index in [2.05, 4.69) is 20.6 Å². The highest BCUT2D eigenvalue weighted by atomic mass is 127. The molecule has 0 radical (unpaired) electrons. The first-order valence-corrected chi connectivity index (χ1v) is 10.6. The van der Waals surface area contributed by atoms with E-state index < -0.39 is 0 Å². The van der Waals surface area contributed by atoms with Crippen LogP contribution >= 0.6 is 24.0 Å². The fourth-order valence-corrected chi connectivity index (χ4v) is 2.90. The fraction of sp³-hybridized carbons (Fsp3) is 0.545. The van der Waals surface area contributed by atoms with Crippen molar-refractivity contribution in [2.75, 3.05) is 52.0 Å². The number of nitrogens with zero attached hydrogens (tertiary/aromatic N) is 2. The maximum atomic E-state index is 5.78.